The molecular formula is C27H85N3O5. The van der Waals surface area contributed by atoms with Gasteiger partial charge < -0.3 is 37.8 Å². The number of nitrogens with two attached hydrogens (primary N) is 3. The van der Waals surface area contributed by atoms with Crippen LogP contribution in [0, 0.1) is 17.8 Å². The van der Waals surface area contributed by atoms with Gasteiger partial charge in [-0.3, -0.25) is 0 Å². The molecule has 0 aromatic heterocycles. The Morgan fingerprint density at radius 1 is 0.657 bits per heavy atom. The van der Waals surface area contributed by atoms with Crippen molar-refractivity contribution >= 4 is 0 Å². The summed E-state index contributed by atoms with van der Waals surface area (Å²) in [5.74, 6) is 5.88. The van der Waals surface area contributed by atoms with Gasteiger partial charge in [0.15, 0.2) is 0 Å². The number of hydrogen-bond donors (Lipinski definition) is 6. The molecular weight excluding hydrogens is 446 g/mol. The van der Waals surface area contributed by atoms with Gasteiger partial charge in [-0.25, -0.2) is 5.90 Å². The summed E-state index contributed by atoms with van der Waals surface area (Å²) in [7, 11) is 1.00. The van der Waals surface area contributed by atoms with Crippen molar-refractivity contribution in [3.05, 3.63) is 0 Å². The minimum atomic E-state index is 0. The van der Waals surface area contributed by atoms with Crippen LogP contribution in [0.4, 0.5) is 0 Å². The van der Waals surface area contributed by atoms with Crippen LogP contribution in [0.2, 0.25) is 0 Å². The van der Waals surface area contributed by atoms with Crippen molar-refractivity contribution < 1.29 is 29.2 Å². The number of aliphatic hydroxyl groups is 2. The maximum Gasteiger partial charge on any atom is 0.0431 e. The molecule has 238 valence electrons. The molecule has 0 fully saturated rings. The molecule has 0 amide bonds. The highest BCUT2D eigenvalue weighted by molar-refractivity contribution is 4.38. The van der Waals surface area contributed by atoms with Crippen LogP contribution in [0.5, 0.6) is 0 Å². The van der Waals surface area contributed by atoms with Crippen molar-refractivity contribution in [3.63, 3.8) is 0 Å². The van der Waals surface area contributed by atoms with Gasteiger partial charge in [-0.1, -0.05) is 130 Å². The van der Waals surface area contributed by atoms with E-state index in [2.05, 4.69) is 68.2 Å². The molecule has 0 bridgehead atoms. The molecule has 0 saturated heterocycles. The van der Waals surface area contributed by atoms with Crippen molar-refractivity contribution in [3.8, 4) is 0 Å². The molecule has 0 spiro atoms. The van der Waals surface area contributed by atoms with Crippen molar-refractivity contribution in [2.45, 2.75) is 136 Å². The first-order valence-electron chi connectivity index (χ1n) is 12.8. The predicted octanol–water partition coefficient (Wildman–Crippen LogP) is 6.31. The van der Waals surface area contributed by atoms with E-state index >= 15 is 0 Å². The lowest BCUT2D eigenvalue weighted by Gasteiger charge is -1.91. The highest BCUT2D eigenvalue weighted by atomic mass is 16.4. The number of rotatable bonds is 6. The van der Waals surface area contributed by atoms with Gasteiger partial charge >= 0.3 is 0 Å². The third-order valence-electron chi connectivity index (χ3n) is 2.30. The zero-order chi connectivity index (χ0) is 28.4. The highest BCUT2D eigenvalue weighted by Gasteiger charge is 1.81. The molecule has 0 heterocycles. The van der Waals surface area contributed by atoms with Crippen LogP contribution in [0.25, 0.3) is 0 Å². The molecule has 0 saturated carbocycles. The number of unbranched alkanes of at least 4 members (excludes halogenated alkanes) is 3. The van der Waals surface area contributed by atoms with Crippen molar-refractivity contribution in [2.24, 2.45) is 35.1 Å². The van der Waals surface area contributed by atoms with Gasteiger partial charge in [0.25, 0.3) is 0 Å². The Balaban J connectivity index is -0.0000000137. The minimum absolute atomic E-state index is 0. The summed E-state index contributed by atoms with van der Waals surface area (Å²) in [6, 6.07) is 0. The molecule has 13 N–H and O–H groups in total. The topological polar surface area (TPSA) is 202 Å². The van der Waals surface area contributed by atoms with Crippen LogP contribution in [0.1, 0.15) is 139 Å². The molecule has 0 unspecified atom stereocenters. The third-order valence-corrected chi connectivity index (χ3v) is 2.30. The molecule has 0 aromatic carbocycles. The average molecular weight is 532 g/mol. The van der Waals surface area contributed by atoms with Gasteiger partial charge in [-0.15, -0.1) is 0 Å². The molecule has 0 atom stereocenters. The fourth-order valence-electron chi connectivity index (χ4n) is 0.539. The zero-order valence-corrected chi connectivity index (χ0v) is 26.5. The molecule has 0 aliphatic heterocycles. The molecule has 8 nitrogen and oxygen atoms in total. The van der Waals surface area contributed by atoms with Gasteiger partial charge in [-0.05, 0) is 37.3 Å². The Morgan fingerprint density at radius 2 is 0.857 bits per heavy atom. The quantitative estimate of drug-likeness (QED) is 0.171. The number of hydrogen-bond acceptors (Lipinski definition) is 6. The molecule has 35 heavy (non-hydrogen) atoms. The van der Waals surface area contributed by atoms with Gasteiger partial charge in [-0.2, -0.15) is 0 Å². The van der Waals surface area contributed by atoms with E-state index in [0.29, 0.717) is 12.5 Å². The summed E-state index contributed by atoms with van der Waals surface area (Å²) in [6.45, 7) is 31.3. The largest absolute Gasteiger partial charge is 0.412 e. The fourth-order valence-corrected chi connectivity index (χ4v) is 0.539. The third kappa shape index (κ3) is 573. The first kappa shape index (κ1) is 76.5. The second kappa shape index (κ2) is 129. The maximum absolute atomic E-state index is 8.29. The van der Waals surface area contributed by atoms with Crippen LogP contribution >= 0.6 is 0 Å². The summed E-state index contributed by atoms with van der Waals surface area (Å²) in [5.41, 5.74) is 10.0. The summed E-state index contributed by atoms with van der Waals surface area (Å²) in [6.07, 6.45) is 5.99. The second-order valence-corrected chi connectivity index (χ2v) is 7.36. The van der Waals surface area contributed by atoms with E-state index in [1.165, 1.54) is 25.7 Å². The highest BCUT2D eigenvalue weighted by Crippen LogP contribution is 1.96. The Kier molecular flexibility index (Phi) is 282. The summed E-state index contributed by atoms with van der Waals surface area (Å²) < 4.78 is 0. The molecule has 0 aromatic rings. The Bertz CT molecular complexity index is 164. The maximum atomic E-state index is 8.29. The van der Waals surface area contributed by atoms with Gasteiger partial charge in [0.2, 0.25) is 0 Å². The Hall–Kier alpha value is -0.320. The van der Waals surface area contributed by atoms with Crippen molar-refractivity contribution in [2.75, 3.05) is 26.8 Å². The smallest absolute Gasteiger partial charge is 0.0431 e. The standard InChI is InChI=1S/C6H14O.C5H12.C4H11N.C4H10.C2H7N.2C2H6.CH4O.CH4.H3NO.2H2O.2H2/c1-2-3-4-5-6-7;1-4-5(2)3;1-4(2)3-5;1-4(2)3;1-2-3;3*1-2;;1-2;;;;/h7H,2-6H2,1H3;5H,4H2,1-3H3;4H,3,5H2,1-2H3;4H,1-3H3;2-3H2,1H3;2*1-2H3;2H,1H3;1H4;2H,1H2;2*1H2;2*1H. The van der Waals surface area contributed by atoms with Gasteiger partial charge in [0.05, 0.1) is 0 Å². The van der Waals surface area contributed by atoms with E-state index in [0.717, 1.165) is 38.5 Å². The van der Waals surface area contributed by atoms with E-state index in [1.54, 1.807) is 0 Å². The van der Waals surface area contributed by atoms with Gasteiger partial charge in [0, 0.05) is 16.6 Å². The molecule has 0 rings (SSSR count). The van der Waals surface area contributed by atoms with E-state index in [9.17, 15) is 0 Å². The molecule has 8 heteroatoms. The van der Waals surface area contributed by atoms with Crippen LogP contribution < -0.4 is 17.4 Å². The summed E-state index contributed by atoms with van der Waals surface area (Å²) >= 11 is 0. The lowest BCUT2D eigenvalue weighted by molar-refractivity contribution is 0.283. The molecule has 0 aliphatic carbocycles. The lowest BCUT2D eigenvalue weighted by Crippen LogP contribution is -2.05. The van der Waals surface area contributed by atoms with E-state index < -0.39 is 0 Å². The SMILES string of the molecule is C.CC.CC.CC(C)C.CC(C)CN.CCC(C)C.CCCCCCO.CCN.CO.NO.O.O.[HH].[HH]. The van der Waals surface area contributed by atoms with Crippen LogP contribution in [0.3, 0.4) is 0 Å². The monoisotopic (exact) mass is 532 g/mol. The second-order valence-electron chi connectivity index (χ2n) is 7.36. The normalized spacial score (nSPS) is 6.86. The first-order chi connectivity index (χ1) is 15.1. The fraction of sp³-hybridized carbons (Fsp3) is 1.00. The number of aliphatic hydroxyl groups excluding tert-OH is 2. The van der Waals surface area contributed by atoms with Crippen LogP contribution in [-0.4, -0.2) is 53.2 Å². The average Bonchev–Trinajstić information content (AvgIpc) is 2.80. The van der Waals surface area contributed by atoms with Crippen LogP contribution in [0.15, 0.2) is 0 Å². The predicted molar refractivity (Wildman–Crippen MR) is 170 cm³/mol. The first-order valence-corrected chi connectivity index (χ1v) is 12.8. The minimum Gasteiger partial charge on any atom is -0.412 e. The van der Waals surface area contributed by atoms with Crippen LogP contribution in [-0.2, 0) is 0 Å². The zero-order valence-electron chi connectivity index (χ0n) is 26.5. The molecule has 0 radical (unpaired) electrons. The lowest BCUT2D eigenvalue weighted by atomic mass is 10.2. The summed E-state index contributed by atoms with van der Waals surface area (Å²) in [4.78, 5) is 0. The Morgan fingerprint density at radius 3 is 0.943 bits per heavy atom. The van der Waals surface area contributed by atoms with Crippen molar-refractivity contribution in [1.29, 1.82) is 0 Å². The Labute approximate surface area is 228 Å². The van der Waals surface area contributed by atoms with E-state index in [-0.39, 0.29) is 21.2 Å². The molecule has 0 aliphatic rings. The summed E-state index contributed by atoms with van der Waals surface area (Å²) in [5, 5.41) is 21.8. The van der Waals surface area contributed by atoms with Gasteiger partial charge in [0.1, 0.15) is 0 Å². The van der Waals surface area contributed by atoms with E-state index in [4.69, 9.17) is 26.9 Å². The van der Waals surface area contributed by atoms with Crippen molar-refractivity contribution in [1.82, 2.24) is 0 Å². The van der Waals surface area contributed by atoms with E-state index in [1.807, 2.05) is 34.6 Å².